The number of halogens is 1. The number of aromatic nitrogens is 1. The van der Waals surface area contributed by atoms with Gasteiger partial charge in [0, 0.05) is 21.6 Å². The van der Waals surface area contributed by atoms with Crippen LogP contribution in [-0.4, -0.2) is 16.1 Å². The van der Waals surface area contributed by atoms with E-state index < -0.39 is 5.97 Å². The van der Waals surface area contributed by atoms with Crippen molar-refractivity contribution in [3.8, 4) is 11.3 Å². The van der Waals surface area contributed by atoms with Crippen molar-refractivity contribution in [1.82, 2.24) is 4.98 Å². The van der Waals surface area contributed by atoms with Crippen LogP contribution in [0.3, 0.4) is 0 Å². The lowest BCUT2D eigenvalue weighted by atomic mass is 10.0. The van der Waals surface area contributed by atoms with Crippen molar-refractivity contribution in [1.29, 1.82) is 0 Å². The molecule has 4 heteroatoms. The fourth-order valence-corrected chi connectivity index (χ4v) is 2.58. The minimum absolute atomic E-state index is 0.281. The molecule has 1 aromatic heterocycles. The van der Waals surface area contributed by atoms with Gasteiger partial charge in [-0.15, -0.1) is 0 Å². The first kappa shape index (κ1) is 12.8. The van der Waals surface area contributed by atoms with Crippen molar-refractivity contribution in [3.05, 3.63) is 64.8 Å². The average molecular weight is 328 g/mol. The van der Waals surface area contributed by atoms with E-state index in [9.17, 15) is 4.79 Å². The van der Waals surface area contributed by atoms with E-state index in [1.165, 1.54) is 0 Å². The Morgan fingerprint density at radius 1 is 1.10 bits per heavy atom. The standard InChI is InChI=1S/C16H10BrNO2/c17-13-3-1-2-11(9-13)15-14-5-4-12(16(19)20)8-10(14)6-7-18-15/h1-9H,(H,19,20). The Morgan fingerprint density at radius 3 is 2.70 bits per heavy atom. The molecule has 20 heavy (non-hydrogen) atoms. The molecule has 3 rings (SSSR count). The Morgan fingerprint density at radius 2 is 1.95 bits per heavy atom. The van der Waals surface area contributed by atoms with Crippen molar-refractivity contribution >= 4 is 32.7 Å². The molecule has 0 unspecified atom stereocenters. The molecule has 0 amide bonds. The van der Waals surface area contributed by atoms with E-state index in [0.29, 0.717) is 0 Å². The van der Waals surface area contributed by atoms with Gasteiger partial charge >= 0.3 is 5.97 Å². The van der Waals surface area contributed by atoms with Crippen molar-refractivity contribution in [2.45, 2.75) is 0 Å². The van der Waals surface area contributed by atoms with Crippen molar-refractivity contribution in [2.75, 3.05) is 0 Å². The van der Waals surface area contributed by atoms with Gasteiger partial charge in [-0.25, -0.2) is 4.79 Å². The molecule has 3 aromatic rings. The third kappa shape index (κ3) is 2.30. The molecule has 0 saturated heterocycles. The van der Waals surface area contributed by atoms with Gasteiger partial charge in [0.25, 0.3) is 0 Å². The third-order valence-electron chi connectivity index (χ3n) is 3.11. The summed E-state index contributed by atoms with van der Waals surface area (Å²) in [6.07, 6.45) is 1.70. The first-order valence-corrected chi connectivity index (χ1v) is 6.82. The zero-order valence-corrected chi connectivity index (χ0v) is 12.0. The molecule has 0 aliphatic rings. The number of carboxylic acid groups (broad SMARTS) is 1. The van der Waals surface area contributed by atoms with Crippen LogP contribution in [0.2, 0.25) is 0 Å². The molecule has 0 bridgehead atoms. The van der Waals surface area contributed by atoms with Crippen LogP contribution in [-0.2, 0) is 0 Å². The van der Waals surface area contributed by atoms with Gasteiger partial charge in [-0.1, -0.05) is 34.1 Å². The van der Waals surface area contributed by atoms with Crippen molar-refractivity contribution in [3.63, 3.8) is 0 Å². The van der Waals surface area contributed by atoms with Gasteiger partial charge in [0.05, 0.1) is 11.3 Å². The maximum atomic E-state index is 11.0. The summed E-state index contributed by atoms with van der Waals surface area (Å²) in [5.74, 6) is -0.923. The minimum Gasteiger partial charge on any atom is -0.478 e. The highest BCUT2D eigenvalue weighted by atomic mass is 79.9. The molecule has 98 valence electrons. The Hall–Kier alpha value is -2.20. The molecule has 0 fully saturated rings. The Bertz CT molecular complexity index is 814. The fraction of sp³-hybridized carbons (Fsp3) is 0. The fourth-order valence-electron chi connectivity index (χ4n) is 2.18. The normalized spacial score (nSPS) is 10.7. The van der Waals surface area contributed by atoms with E-state index in [-0.39, 0.29) is 5.56 Å². The molecule has 0 aliphatic carbocycles. The summed E-state index contributed by atoms with van der Waals surface area (Å²) < 4.78 is 0.982. The highest BCUT2D eigenvalue weighted by molar-refractivity contribution is 9.10. The summed E-state index contributed by atoms with van der Waals surface area (Å²) in [6.45, 7) is 0. The van der Waals surface area contributed by atoms with Gasteiger partial charge in [-0.05, 0) is 35.7 Å². The minimum atomic E-state index is -0.923. The predicted octanol–water partition coefficient (Wildman–Crippen LogP) is 4.36. The number of carboxylic acids is 1. The quantitative estimate of drug-likeness (QED) is 0.760. The van der Waals surface area contributed by atoms with Crippen LogP contribution < -0.4 is 0 Å². The van der Waals surface area contributed by atoms with Crippen molar-refractivity contribution < 1.29 is 9.90 Å². The Labute approximate surface area is 124 Å². The summed E-state index contributed by atoms with van der Waals surface area (Å²) in [7, 11) is 0. The summed E-state index contributed by atoms with van der Waals surface area (Å²) in [5, 5.41) is 10.9. The monoisotopic (exact) mass is 327 g/mol. The third-order valence-corrected chi connectivity index (χ3v) is 3.60. The number of nitrogens with zero attached hydrogens (tertiary/aromatic N) is 1. The van der Waals surface area contributed by atoms with Crippen molar-refractivity contribution in [2.24, 2.45) is 0 Å². The maximum absolute atomic E-state index is 11.0. The molecule has 2 aromatic carbocycles. The van der Waals surface area contributed by atoms with Crippen LogP contribution in [0.1, 0.15) is 10.4 Å². The molecule has 0 radical (unpaired) electrons. The summed E-state index contributed by atoms with van der Waals surface area (Å²) >= 11 is 3.45. The number of rotatable bonds is 2. The van der Waals surface area contributed by atoms with Crippen LogP contribution in [0, 0.1) is 0 Å². The van der Waals surface area contributed by atoms with E-state index in [2.05, 4.69) is 20.9 Å². The van der Waals surface area contributed by atoms with Gasteiger partial charge in [-0.2, -0.15) is 0 Å². The van der Waals surface area contributed by atoms with Gasteiger partial charge in [0.15, 0.2) is 0 Å². The first-order chi connectivity index (χ1) is 9.65. The topological polar surface area (TPSA) is 50.2 Å². The van der Waals surface area contributed by atoms with Crippen LogP contribution in [0.4, 0.5) is 0 Å². The number of aromatic carboxylic acids is 1. The second kappa shape index (κ2) is 5.06. The zero-order valence-electron chi connectivity index (χ0n) is 10.4. The highest BCUT2D eigenvalue weighted by Gasteiger charge is 2.08. The Kier molecular flexibility index (Phi) is 3.24. The number of carbonyl (C=O) groups is 1. The molecule has 0 atom stereocenters. The number of hydrogen-bond donors (Lipinski definition) is 1. The molecule has 0 aliphatic heterocycles. The van der Waals surface area contributed by atoms with Crippen LogP contribution in [0.15, 0.2) is 59.2 Å². The Balaban J connectivity index is 2.24. The van der Waals surface area contributed by atoms with E-state index in [4.69, 9.17) is 5.11 Å². The maximum Gasteiger partial charge on any atom is 0.335 e. The highest BCUT2D eigenvalue weighted by Crippen LogP contribution is 2.28. The first-order valence-electron chi connectivity index (χ1n) is 6.03. The molecular weight excluding hydrogens is 318 g/mol. The van der Waals surface area contributed by atoms with Crippen LogP contribution >= 0.6 is 15.9 Å². The number of hydrogen-bond acceptors (Lipinski definition) is 2. The van der Waals surface area contributed by atoms with E-state index in [0.717, 1.165) is 26.5 Å². The van der Waals surface area contributed by atoms with E-state index >= 15 is 0 Å². The van der Waals surface area contributed by atoms with Gasteiger partial charge < -0.3 is 5.11 Å². The molecule has 1 heterocycles. The second-order valence-electron chi connectivity index (χ2n) is 4.41. The second-order valence-corrected chi connectivity index (χ2v) is 5.33. The van der Waals surface area contributed by atoms with Gasteiger partial charge in [0.2, 0.25) is 0 Å². The molecule has 1 N–H and O–H groups in total. The summed E-state index contributed by atoms with van der Waals surface area (Å²) in [5.41, 5.74) is 2.12. The predicted molar refractivity (Wildman–Crippen MR) is 81.8 cm³/mol. The van der Waals surface area contributed by atoms with E-state index in [1.807, 2.05) is 36.4 Å². The summed E-state index contributed by atoms with van der Waals surface area (Å²) in [6, 6.07) is 14.8. The van der Waals surface area contributed by atoms with Crippen LogP contribution in [0.5, 0.6) is 0 Å². The number of fused-ring (bicyclic) bond motifs is 1. The smallest absolute Gasteiger partial charge is 0.335 e. The van der Waals surface area contributed by atoms with E-state index in [1.54, 1.807) is 18.3 Å². The summed E-state index contributed by atoms with van der Waals surface area (Å²) in [4.78, 5) is 15.4. The van der Waals surface area contributed by atoms with Gasteiger partial charge in [-0.3, -0.25) is 4.98 Å². The molecule has 0 spiro atoms. The SMILES string of the molecule is O=C(O)c1ccc2c(-c3cccc(Br)c3)nccc2c1. The zero-order chi connectivity index (χ0) is 14.1. The lowest BCUT2D eigenvalue weighted by Gasteiger charge is -2.07. The molecule has 0 saturated carbocycles. The largest absolute Gasteiger partial charge is 0.478 e. The number of pyridine rings is 1. The number of benzene rings is 2. The van der Waals surface area contributed by atoms with Gasteiger partial charge in [0.1, 0.15) is 0 Å². The van der Waals surface area contributed by atoms with Crippen LogP contribution in [0.25, 0.3) is 22.0 Å². The molecular formula is C16H10BrNO2. The lowest BCUT2D eigenvalue weighted by Crippen LogP contribution is -1.96. The molecule has 3 nitrogen and oxygen atoms in total. The lowest BCUT2D eigenvalue weighted by molar-refractivity contribution is 0.0697. The average Bonchev–Trinajstić information content (AvgIpc) is 2.46.